The Balaban J connectivity index is 2.57. The van der Waals surface area contributed by atoms with Crippen LogP contribution < -0.4 is 10.0 Å². The first-order chi connectivity index (χ1) is 10.2. The Bertz CT molecular complexity index is 834. The molecule has 1 amide bonds. The molecule has 0 unspecified atom stereocenters. The molecule has 0 atom stereocenters. The van der Waals surface area contributed by atoms with E-state index in [4.69, 9.17) is 17.3 Å². The van der Waals surface area contributed by atoms with Crippen molar-refractivity contribution >= 4 is 33.2 Å². The van der Waals surface area contributed by atoms with Gasteiger partial charge < -0.3 is 5.73 Å². The average molecular weight is 339 g/mol. The second kappa shape index (κ2) is 5.98. The molecule has 0 aliphatic heterocycles. The number of amides is 1. The molecule has 2 rings (SSSR count). The van der Waals surface area contributed by atoms with Crippen LogP contribution in [0.5, 0.6) is 0 Å². The first-order valence-electron chi connectivity index (χ1n) is 6.39. The summed E-state index contributed by atoms with van der Waals surface area (Å²) in [5, 5.41) is 0.128. The third-order valence-corrected chi connectivity index (χ3v) is 5.49. The van der Waals surface area contributed by atoms with Gasteiger partial charge in [0, 0.05) is 7.05 Å². The van der Waals surface area contributed by atoms with Gasteiger partial charge in [-0.1, -0.05) is 29.8 Å². The molecule has 5 nitrogen and oxygen atoms in total. The minimum absolute atomic E-state index is 0.0264. The lowest BCUT2D eigenvalue weighted by atomic mass is 10.2. The van der Waals surface area contributed by atoms with Crippen LogP contribution in [0.15, 0.2) is 47.4 Å². The van der Waals surface area contributed by atoms with Gasteiger partial charge in [-0.25, -0.2) is 8.42 Å². The standard InChI is InChI=1S/C15H15ClN2O3S/c1-10-7-8-14(12(16)9-10)22(20,21)18(2)13-6-4-3-5-11(13)15(17)19/h3-9H,1-2H3,(H2,17,19). The minimum atomic E-state index is -3.90. The molecule has 0 aliphatic rings. The number of halogens is 1. The van der Waals surface area contributed by atoms with Gasteiger partial charge in [0.2, 0.25) is 0 Å². The van der Waals surface area contributed by atoms with Gasteiger partial charge >= 0.3 is 0 Å². The van der Waals surface area contributed by atoms with E-state index in [2.05, 4.69) is 0 Å². The summed E-state index contributed by atoms with van der Waals surface area (Å²) >= 11 is 6.05. The lowest BCUT2D eigenvalue weighted by molar-refractivity contribution is 0.100. The van der Waals surface area contributed by atoms with Crippen molar-refractivity contribution in [3.8, 4) is 0 Å². The van der Waals surface area contributed by atoms with Crippen LogP contribution >= 0.6 is 11.6 Å². The number of rotatable bonds is 4. The molecule has 2 aromatic carbocycles. The topological polar surface area (TPSA) is 80.5 Å². The fraction of sp³-hybridized carbons (Fsp3) is 0.133. The number of nitrogens with two attached hydrogens (primary N) is 1. The quantitative estimate of drug-likeness (QED) is 0.930. The van der Waals surface area contributed by atoms with Crippen molar-refractivity contribution in [2.75, 3.05) is 11.4 Å². The number of carbonyl (C=O) groups excluding carboxylic acids is 1. The monoisotopic (exact) mass is 338 g/mol. The van der Waals surface area contributed by atoms with E-state index in [-0.39, 0.29) is 21.2 Å². The molecule has 0 radical (unpaired) electrons. The largest absolute Gasteiger partial charge is 0.366 e. The molecule has 22 heavy (non-hydrogen) atoms. The number of nitrogens with zero attached hydrogens (tertiary/aromatic N) is 1. The van der Waals surface area contributed by atoms with E-state index in [1.54, 1.807) is 24.3 Å². The van der Waals surface area contributed by atoms with Crippen molar-refractivity contribution in [2.24, 2.45) is 5.73 Å². The molecule has 0 heterocycles. The SMILES string of the molecule is Cc1ccc(S(=O)(=O)N(C)c2ccccc2C(N)=O)c(Cl)c1. The van der Waals surface area contributed by atoms with Crippen molar-refractivity contribution in [1.82, 2.24) is 0 Å². The maximum atomic E-state index is 12.7. The second-order valence-corrected chi connectivity index (χ2v) is 7.13. The Labute approximate surface area is 134 Å². The highest BCUT2D eigenvalue weighted by atomic mass is 35.5. The number of sulfonamides is 1. The molecule has 0 saturated heterocycles. The normalized spacial score (nSPS) is 11.2. The summed E-state index contributed by atoms with van der Waals surface area (Å²) in [6, 6.07) is 10.9. The zero-order valence-corrected chi connectivity index (χ0v) is 13.6. The molecule has 2 aromatic rings. The van der Waals surface area contributed by atoms with Crippen LogP contribution in [0.25, 0.3) is 0 Å². The third kappa shape index (κ3) is 2.93. The number of carbonyl (C=O) groups is 1. The fourth-order valence-corrected chi connectivity index (χ4v) is 3.83. The number of para-hydroxylation sites is 1. The molecule has 0 aliphatic carbocycles. The summed E-state index contributed by atoms with van der Waals surface area (Å²) in [5.74, 6) is -0.701. The maximum absolute atomic E-state index is 12.7. The highest BCUT2D eigenvalue weighted by Crippen LogP contribution is 2.29. The molecule has 2 N–H and O–H groups in total. The van der Waals surface area contributed by atoms with Crippen molar-refractivity contribution in [3.05, 3.63) is 58.6 Å². The van der Waals surface area contributed by atoms with Crippen LogP contribution in [-0.2, 0) is 10.0 Å². The van der Waals surface area contributed by atoms with E-state index < -0.39 is 15.9 Å². The van der Waals surface area contributed by atoms with Crippen molar-refractivity contribution in [3.63, 3.8) is 0 Å². The summed E-state index contributed by atoms with van der Waals surface area (Å²) in [4.78, 5) is 11.4. The van der Waals surface area contributed by atoms with Gasteiger partial charge in [-0.05, 0) is 36.8 Å². The zero-order valence-electron chi connectivity index (χ0n) is 12.1. The molecule has 0 aromatic heterocycles. The Morgan fingerprint density at radius 3 is 2.41 bits per heavy atom. The molecule has 0 fully saturated rings. The van der Waals surface area contributed by atoms with Gasteiger partial charge in [-0.2, -0.15) is 0 Å². The van der Waals surface area contributed by atoms with Crippen LogP contribution in [0.2, 0.25) is 5.02 Å². The first kappa shape index (κ1) is 16.3. The van der Waals surface area contributed by atoms with E-state index in [1.807, 2.05) is 6.92 Å². The highest BCUT2D eigenvalue weighted by molar-refractivity contribution is 7.93. The number of benzene rings is 2. The first-order valence-corrected chi connectivity index (χ1v) is 8.21. The molecule has 0 saturated carbocycles. The summed E-state index contributed by atoms with van der Waals surface area (Å²) < 4.78 is 26.5. The van der Waals surface area contributed by atoms with Crippen LogP contribution in [0.1, 0.15) is 15.9 Å². The Hall–Kier alpha value is -2.05. The predicted octanol–water partition coefficient (Wildman–Crippen LogP) is 2.57. The van der Waals surface area contributed by atoms with Crippen molar-refractivity contribution in [1.29, 1.82) is 0 Å². The smallest absolute Gasteiger partial charge is 0.265 e. The molecule has 7 heteroatoms. The van der Waals surface area contributed by atoms with Gasteiger partial charge in [0.05, 0.1) is 16.3 Å². The van der Waals surface area contributed by atoms with E-state index in [0.29, 0.717) is 0 Å². The van der Waals surface area contributed by atoms with Crippen LogP contribution in [0.4, 0.5) is 5.69 Å². The average Bonchev–Trinajstić information content (AvgIpc) is 2.45. The van der Waals surface area contributed by atoms with Crippen LogP contribution in [0.3, 0.4) is 0 Å². The van der Waals surface area contributed by atoms with Crippen molar-refractivity contribution < 1.29 is 13.2 Å². The van der Waals surface area contributed by atoms with E-state index in [1.165, 1.54) is 25.2 Å². The Morgan fingerprint density at radius 1 is 1.18 bits per heavy atom. The zero-order chi connectivity index (χ0) is 16.5. The van der Waals surface area contributed by atoms with Gasteiger partial charge in [0.25, 0.3) is 15.9 Å². The maximum Gasteiger partial charge on any atom is 0.265 e. The molecule has 0 bridgehead atoms. The molecule has 116 valence electrons. The number of anilines is 1. The Kier molecular flexibility index (Phi) is 4.44. The number of hydrogen-bond donors (Lipinski definition) is 1. The van der Waals surface area contributed by atoms with Crippen LogP contribution in [-0.4, -0.2) is 21.4 Å². The molecule has 0 spiro atoms. The fourth-order valence-electron chi connectivity index (χ4n) is 2.05. The van der Waals surface area contributed by atoms with E-state index >= 15 is 0 Å². The van der Waals surface area contributed by atoms with Gasteiger partial charge in [0.15, 0.2) is 0 Å². The summed E-state index contributed by atoms with van der Waals surface area (Å²) in [6.45, 7) is 1.81. The summed E-state index contributed by atoms with van der Waals surface area (Å²) in [6.07, 6.45) is 0. The molecular formula is C15H15ClN2O3S. The lowest BCUT2D eigenvalue weighted by Crippen LogP contribution is -2.29. The summed E-state index contributed by atoms with van der Waals surface area (Å²) in [7, 11) is -2.55. The second-order valence-electron chi connectivity index (χ2n) is 4.79. The minimum Gasteiger partial charge on any atom is -0.366 e. The lowest BCUT2D eigenvalue weighted by Gasteiger charge is -2.22. The number of aryl methyl sites for hydroxylation is 1. The predicted molar refractivity (Wildman–Crippen MR) is 86.7 cm³/mol. The highest BCUT2D eigenvalue weighted by Gasteiger charge is 2.26. The van der Waals surface area contributed by atoms with Gasteiger partial charge in [-0.3, -0.25) is 9.10 Å². The number of hydrogen-bond acceptors (Lipinski definition) is 3. The van der Waals surface area contributed by atoms with Gasteiger partial charge in [0.1, 0.15) is 4.90 Å². The third-order valence-electron chi connectivity index (χ3n) is 3.23. The van der Waals surface area contributed by atoms with Crippen molar-refractivity contribution in [2.45, 2.75) is 11.8 Å². The van der Waals surface area contributed by atoms with Crippen LogP contribution in [0, 0.1) is 6.92 Å². The Morgan fingerprint density at radius 2 is 1.82 bits per heavy atom. The van der Waals surface area contributed by atoms with Gasteiger partial charge in [-0.15, -0.1) is 0 Å². The summed E-state index contributed by atoms with van der Waals surface area (Å²) in [5.41, 5.74) is 6.47. The number of primary amides is 1. The van der Waals surface area contributed by atoms with E-state index in [0.717, 1.165) is 9.87 Å². The van der Waals surface area contributed by atoms with E-state index in [9.17, 15) is 13.2 Å². The molecular weight excluding hydrogens is 324 g/mol.